The molecule has 0 N–H and O–H groups in total. The van der Waals surface area contributed by atoms with Crippen LogP contribution < -0.4 is 4.90 Å². The number of urea groups is 1. The lowest BCUT2D eigenvalue weighted by Crippen LogP contribution is -2.50. The zero-order chi connectivity index (χ0) is 22.7. The van der Waals surface area contributed by atoms with Gasteiger partial charge in [0.15, 0.2) is 0 Å². The molecule has 7 nitrogen and oxygen atoms in total. The van der Waals surface area contributed by atoms with Gasteiger partial charge in [-0.3, -0.25) is 4.90 Å². The predicted octanol–water partition coefficient (Wildman–Crippen LogP) is 3.92. The molecule has 1 aromatic rings. The summed E-state index contributed by atoms with van der Waals surface area (Å²) in [4.78, 5) is 33.1. The summed E-state index contributed by atoms with van der Waals surface area (Å²) in [5, 5.41) is 0. The van der Waals surface area contributed by atoms with E-state index < -0.39 is 0 Å². The smallest absolute Gasteiger partial charge is 0.409 e. The maximum atomic E-state index is 12.8. The van der Waals surface area contributed by atoms with Gasteiger partial charge in [-0.2, -0.15) is 0 Å². The first-order valence-electron chi connectivity index (χ1n) is 12.2. The van der Waals surface area contributed by atoms with E-state index in [4.69, 9.17) is 4.74 Å². The molecule has 0 radical (unpaired) electrons. The number of piperidine rings is 1. The van der Waals surface area contributed by atoms with Crippen molar-refractivity contribution in [3.8, 4) is 0 Å². The highest BCUT2D eigenvalue weighted by Crippen LogP contribution is 2.47. The molecule has 0 aliphatic carbocycles. The first-order chi connectivity index (χ1) is 15.4. The minimum absolute atomic E-state index is 0.0705. The maximum Gasteiger partial charge on any atom is 0.409 e. The van der Waals surface area contributed by atoms with Gasteiger partial charge < -0.3 is 19.4 Å². The summed E-state index contributed by atoms with van der Waals surface area (Å²) >= 11 is 0. The molecule has 0 unspecified atom stereocenters. The average Bonchev–Trinajstić information content (AvgIpc) is 3.08. The third kappa shape index (κ3) is 4.45. The minimum atomic E-state index is -0.164. The van der Waals surface area contributed by atoms with Gasteiger partial charge >= 0.3 is 12.1 Å². The Morgan fingerprint density at radius 3 is 2.34 bits per heavy atom. The van der Waals surface area contributed by atoms with Crippen LogP contribution in [0.25, 0.3) is 0 Å². The van der Waals surface area contributed by atoms with Crippen LogP contribution in [0.3, 0.4) is 0 Å². The third-order valence-corrected chi connectivity index (χ3v) is 7.57. The number of likely N-dealkylation sites (tertiary alicyclic amines) is 2. The van der Waals surface area contributed by atoms with Crippen molar-refractivity contribution in [3.63, 3.8) is 0 Å². The highest BCUT2D eigenvalue weighted by Gasteiger charge is 2.47. The van der Waals surface area contributed by atoms with Gasteiger partial charge in [0.05, 0.1) is 6.61 Å². The first-order valence-corrected chi connectivity index (χ1v) is 12.2. The molecule has 2 fully saturated rings. The molecule has 3 amide bonds. The number of rotatable bonds is 2. The normalized spacial score (nSPS) is 21.7. The van der Waals surface area contributed by atoms with Gasteiger partial charge in [-0.1, -0.05) is 18.2 Å². The molecule has 0 aromatic heterocycles. The van der Waals surface area contributed by atoms with Crippen molar-refractivity contribution in [2.45, 2.75) is 56.9 Å². The van der Waals surface area contributed by atoms with E-state index in [1.165, 1.54) is 5.56 Å². The molecule has 176 valence electrons. The van der Waals surface area contributed by atoms with Crippen molar-refractivity contribution in [2.24, 2.45) is 0 Å². The summed E-state index contributed by atoms with van der Waals surface area (Å²) in [6, 6.07) is 9.14. The van der Waals surface area contributed by atoms with Gasteiger partial charge in [0.1, 0.15) is 0 Å². The molecule has 1 spiro atoms. The van der Waals surface area contributed by atoms with Crippen LogP contribution in [0.2, 0.25) is 0 Å². The summed E-state index contributed by atoms with van der Waals surface area (Å²) in [6.07, 6.45) is 6.33. The topological polar surface area (TPSA) is 56.3 Å². The summed E-state index contributed by atoms with van der Waals surface area (Å²) in [5.41, 5.74) is 2.50. The zero-order valence-electron chi connectivity index (χ0n) is 19.9. The minimum Gasteiger partial charge on any atom is -0.450 e. The zero-order valence-corrected chi connectivity index (χ0v) is 19.9. The van der Waals surface area contributed by atoms with Crippen LogP contribution in [0.5, 0.6) is 0 Å². The average molecular weight is 443 g/mol. The molecule has 3 aliphatic heterocycles. The maximum absolute atomic E-state index is 12.8. The number of nitrogens with zero attached hydrogens (tertiary/aromatic N) is 4. The molecule has 7 heteroatoms. The molecule has 0 atom stereocenters. The molecule has 3 aliphatic rings. The quantitative estimate of drug-likeness (QED) is 0.697. The van der Waals surface area contributed by atoms with Gasteiger partial charge in [0, 0.05) is 50.9 Å². The number of amides is 3. The fraction of sp³-hybridized carbons (Fsp3) is 0.680. The summed E-state index contributed by atoms with van der Waals surface area (Å²) in [5.74, 6) is 0. The monoisotopic (exact) mass is 442 g/mol. The Hall–Kier alpha value is -2.28. The van der Waals surface area contributed by atoms with Gasteiger partial charge in [-0.15, -0.1) is 0 Å². The second-order valence-corrected chi connectivity index (χ2v) is 9.72. The number of carbonyl (C=O) groups is 2. The van der Waals surface area contributed by atoms with E-state index in [0.29, 0.717) is 12.6 Å². The number of fused-ring (bicyclic) bond motifs is 2. The molecule has 32 heavy (non-hydrogen) atoms. The largest absolute Gasteiger partial charge is 0.450 e. The number of hydrogen-bond acceptors (Lipinski definition) is 4. The van der Waals surface area contributed by atoms with E-state index in [1.54, 1.807) is 4.90 Å². The molecule has 3 heterocycles. The number of anilines is 1. The van der Waals surface area contributed by atoms with Gasteiger partial charge in [0.2, 0.25) is 0 Å². The molecule has 4 rings (SSSR count). The number of para-hydroxylation sites is 1. The van der Waals surface area contributed by atoms with Crippen LogP contribution in [0, 0.1) is 0 Å². The van der Waals surface area contributed by atoms with E-state index in [1.807, 2.05) is 36.9 Å². The Morgan fingerprint density at radius 2 is 1.72 bits per heavy atom. The van der Waals surface area contributed by atoms with Crippen molar-refractivity contribution in [1.29, 1.82) is 0 Å². The van der Waals surface area contributed by atoms with E-state index in [-0.39, 0.29) is 17.5 Å². The molecule has 0 saturated carbocycles. The van der Waals surface area contributed by atoms with Crippen LogP contribution in [0.1, 0.15) is 51.0 Å². The van der Waals surface area contributed by atoms with Gasteiger partial charge in [-0.05, 0) is 70.2 Å². The van der Waals surface area contributed by atoms with Gasteiger partial charge in [-0.25, -0.2) is 9.59 Å². The van der Waals surface area contributed by atoms with Crippen LogP contribution in [-0.2, 0) is 10.2 Å². The van der Waals surface area contributed by atoms with Crippen molar-refractivity contribution >= 4 is 17.8 Å². The predicted molar refractivity (Wildman–Crippen MR) is 126 cm³/mol. The third-order valence-electron chi connectivity index (χ3n) is 7.57. The second-order valence-electron chi connectivity index (χ2n) is 9.72. The highest BCUT2D eigenvalue weighted by molar-refractivity contribution is 5.95. The van der Waals surface area contributed by atoms with E-state index in [9.17, 15) is 9.59 Å². The summed E-state index contributed by atoms with van der Waals surface area (Å²) in [6.45, 7) is 6.82. The number of hydrogen-bond donors (Lipinski definition) is 0. The Balaban J connectivity index is 1.38. The Labute approximate surface area is 192 Å². The second kappa shape index (κ2) is 9.69. The fourth-order valence-electron chi connectivity index (χ4n) is 5.84. The molecule has 1 aromatic carbocycles. The lowest BCUT2D eigenvalue weighted by atomic mass is 9.74. The summed E-state index contributed by atoms with van der Waals surface area (Å²) < 4.78 is 5.19. The number of ether oxygens (including phenoxy) is 1. The van der Waals surface area contributed by atoms with Crippen molar-refractivity contribution in [1.82, 2.24) is 14.7 Å². The van der Waals surface area contributed by atoms with Crippen molar-refractivity contribution in [3.05, 3.63) is 29.8 Å². The van der Waals surface area contributed by atoms with Crippen molar-refractivity contribution < 1.29 is 14.3 Å². The Bertz CT molecular complexity index is 809. The fourth-order valence-corrected chi connectivity index (χ4v) is 5.84. The Morgan fingerprint density at radius 1 is 1.06 bits per heavy atom. The molecular formula is C25H38N4O3. The van der Waals surface area contributed by atoms with E-state index in [2.05, 4.69) is 23.1 Å². The van der Waals surface area contributed by atoms with Gasteiger partial charge in [0.25, 0.3) is 0 Å². The SMILES string of the molecule is CCOC(=O)N1CCCC(N2CCC3(CC2)CN(C(=O)N(C)C)c2ccccc23)CCC1. The summed E-state index contributed by atoms with van der Waals surface area (Å²) in [7, 11) is 3.66. The van der Waals surface area contributed by atoms with Crippen LogP contribution in [-0.4, -0.2) is 86.3 Å². The Kier molecular flexibility index (Phi) is 6.93. The van der Waals surface area contributed by atoms with E-state index in [0.717, 1.165) is 76.9 Å². The van der Waals surface area contributed by atoms with Crippen molar-refractivity contribution in [2.75, 3.05) is 58.3 Å². The van der Waals surface area contributed by atoms with Crippen LogP contribution in [0.15, 0.2) is 24.3 Å². The lowest BCUT2D eigenvalue weighted by molar-refractivity contribution is 0.0808. The highest BCUT2D eigenvalue weighted by atomic mass is 16.6. The molecule has 0 bridgehead atoms. The van der Waals surface area contributed by atoms with Crippen LogP contribution in [0.4, 0.5) is 15.3 Å². The standard InChI is InChI=1S/C25H38N4O3/c1-4-32-24(31)28-15-7-9-20(10-8-16-28)27-17-13-25(14-18-27)19-29(23(30)26(2)3)22-12-6-5-11-21(22)25/h5-6,11-12,20H,4,7-10,13-19H2,1-3H3. The molecular weight excluding hydrogens is 404 g/mol. The molecule has 2 saturated heterocycles. The first kappa shape index (κ1) is 22.9. The van der Waals surface area contributed by atoms with Crippen LogP contribution >= 0.6 is 0 Å². The lowest BCUT2D eigenvalue weighted by Gasteiger charge is -2.44. The number of carbonyl (C=O) groups excluding carboxylic acids is 2. The van der Waals surface area contributed by atoms with E-state index >= 15 is 0 Å². The number of benzene rings is 1.